The highest BCUT2D eigenvalue weighted by Gasteiger charge is 2.38. The van der Waals surface area contributed by atoms with Crippen LogP contribution in [0.15, 0.2) is 24.5 Å². The van der Waals surface area contributed by atoms with Gasteiger partial charge in [0, 0.05) is 32.0 Å². The second kappa shape index (κ2) is 8.14. The molecule has 6 heteroatoms. The Morgan fingerprint density at radius 1 is 1.32 bits per heavy atom. The number of likely N-dealkylation sites (tertiary alicyclic amines) is 1. The van der Waals surface area contributed by atoms with Crippen molar-refractivity contribution in [1.29, 1.82) is 0 Å². The predicted octanol–water partition coefficient (Wildman–Crippen LogP) is 2.63. The lowest BCUT2D eigenvalue weighted by Crippen LogP contribution is -2.45. The zero-order chi connectivity index (χ0) is 14.0. The molecule has 1 spiro atoms. The number of amides is 1. The fraction of sp³-hybridized carbons (Fsp3) is 0.625. The Balaban J connectivity index is 0.00000121. The average Bonchev–Trinajstić information content (AvgIpc) is 2.96. The molecular weight excluding hydrogens is 321 g/mol. The third kappa shape index (κ3) is 3.92. The van der Waals surface area contributed by atoms with Crippen LogP contribution in [-0.4, -0.2) is 42.0 Å². The topological polar surface area (TPSA) is 45.2 Å². The largest absolute Gasteiger partial charge is 0.342 e. The number of nitrogens with one attached hydrogen (secondary N) is 1. The molecule has 1 atom stereocenters. The second-order valence-electron chi connectivity index (χ2n) is 6.26. The molecule has 0 saturated carbocycles. The third-order valence-electron chi connectivity index (χ3n) is 5.02. The highest BCUT2D eigenvalue weighted by Crippen LogP contribution is 2.37. The molecule has 22 heavy (non-hydrogen) atoms. The van der Waals surface area contributed by atoms with Gasteiger partial charge in [0.1, 0.15) is 0 Å². The number of halogens is 2. The summed E-state index contributed by atoms with van der Waals surface area (Å²) in [4.78, 5) is 18.7. The molecule has 124 valence electrons. The summed E-state index contributed by atoms with van der Waals surface area (Å²) in [5.41, 5.74) is 1.48. The number of carbonyl (C=O) groups excluding carboxylic acids is 1. The van der Waals surface area contributed by atoms with Crippen molar-refractivity contribution in [3.8, 4) is 0 Å². The number of pyridine rings is 1. The minimum Gasteiger partial charge on any atom is -0.342 e. The van der Waals surface area contributed by atoms with E-state index in [0.717, 1.165) is 44.6 Å². The van der Waals surface area contributed by atoms with Crippen molar-refractivity contribution in [2.75, 3.05) is 26.2 Å². The Morgan fingerprint density at radius 3 is 2.59 bits per heavy atom. The first kappa shape index (κ1) is 19.2. The first-order chi connectivity index (χ1) is 9.70. The van der Waals surface area contributed by atoms with Crippen LogP contribution in [0.25, 0.3) is 0 Å². The summed E-state index contributed by atoms with van der Waals surface area (Å²) in [6, 6.07) is 3.89. The molecule has 4 nitrogen and oxygen atoms in total. The minimum absolute atomic E-state index is 0. The van der Waals surface area contributed by atoms with Crippen molar-refractivity contribution in [3.05, 3.63) is 30.1 Å². The number of hydrogen-bond donors (Lipinski definition) is 1. The van der Waals surface area contributed by atoms with E-state index in [1.165, 1.54) is 6.42 Å². The van der Waals surface area contributed by atoms with Gasteiger partial charge < -0.3 is 10.2 Å². The summed E-state index contributed by atoms with van der Waals surface area (Å²) in [7, 11) is 0. The molecular formula is C16H25Cl2N3O. The van der Waals surface area contributed by atoms with Crippen LogP contribution < -0.4 is 5.32 Å². The summed E-state index contributed by atoms with van der Waals surface area (Å²) < 4.78 is 0. The molecule has 2 fully saturated rings. The van der Waals surface area contributed by atoms with Crippen molar-refractivity contribution < 1.29 is 4.79 Å². The van der Waals surface area contributed by atoms with E-state index in [2.05, 4.69) is 10.3 Å². The van der Waals surface area contributed by atoms with Crippen molar-refractivity contribution in [1.82, 2.24) is 15.2 Å². The van der Waals surface area contributed by atoms with Gasteiger partial charge in [0.15, 0.2) is 0 Å². The lowest BCUT2D eigenvalue weighted by Gasteiger charge is -2.39. The Bertz CT molecular complexity index is 468. The number of rotatable bonds is 2. The van der Waals surface area contributed by atoms with Gasteiger partial charge in [0.05, 0.1) is 5.92 Å². The molecule has 2 aliphatic heterocycles. The quantitative estimate of drug-likeness (QED) is 0.895. The highest BCUT2D eigenvalue weighted by atomic mass is 35.5. The van der Waals surface area contributed by atoms with Crippen LogP contribution in [0.4, 0.5) is 0 Å². The van der Waals surface area contributed by atoms with Crippen LogP contribution in [0, 0.1) is 5.41 Å². The molecule has 2 saturated heterocycles. The Labute approximate surface area is 144 Å². The normalized spacial score (nSPS) is 20.9. The van der Waals surface area contributed by atoms with E-state index in [9.17, 15) is 4.79 Å². The van der Waals surface area contributed by atoms with E-state index >= 15 is 0 Å². The fourth-order valence-corrected chi connectivity index (χ4v) is 3.47. The predicted molar refractivity (Wildman–Crippen MR) is 92.9 cm³/mol. The zero-order valence-corrected chi connectivity index (χ0v) is 14.6. The third-order valence-corrected chi connectivity index (χ3v) is 5.02. The van der Waals surface area contributed by atoms with Gasteiger partial charge in [-0.3, -0.25) is 9.78 Å². The summed E-state index contributed by atoms with van der Waals surface area (Å²) >= 11 is 0. The summed E-state index contributed by atoms with van der Waals surface area (Å²) in [6.07, 6.45) is 7.11. The van der Waals surface area contributed by atoms with Gasteiger partial charge >= 0.3 is 0 Å². The van der Waals surface area contributed by atoms with Gasteiger partial charge in [-0.2, -0.15) is 0 Å². The molecule has 3 heterocycles. The summed E-state index contributed by atoms with van der Waals surface area (Å²) in [5.74, 6) is 0.165. The molecule has 0 aliphatic carbocycles. The Morgan fingerprint density at radius 2 is 2.05 bits per heavy atom. The van der Waals surface area contributed by atoms with Gasteiger partial charge in [-0.15, -0.1) is 24.8 Å². The van der Waals surface area contributed by atoms with Gasteiger partial charge in [-0.25, -0.2) is 0 Å². The molecule has 0 bridgehead atoms. The van der Waals surface area contributed by atoms with E-state index in [-0.39, 0.29) is 36.6 Å². The molecule has 1 aromatic heterocycles. The number of nitrogens with zero attached hydrogens (tertiary/aromatic N) is 2. The van der Waals surface area contributed by atoms with E-state index in [1.54, 1.807) is 12.4 Å². The van der Waals surface area contributed by atoms with E-state index in [4.69, 9.17) is 0 Å². The monoisotopic (exact) mass is 345 g/mol. The van der Waals surface area contributed by atoms with Crippen LogP contribution in [0.2, 0.25) is 0 Å². The number of piperidine rings is 1. The lowest BCUT2D eigenvalue weighted by molar-refractivity contribution is -0.134. The molecule has 1 N–H and O–H groups in total. The minimum atomic E-state index is -0.0838. The summed E-state index contributed by atoms with van der Waals surface area (Å²) in [6.45, 7) is 6.07. The van der Waals surface area contributed by atoms with Gasteiger partial charge in [-0.1, -0.05) is 6.07 Å². The van der Waals surface area contributed by atoms with Crippen LogP contribution in [0.3, 0.4) is 0 Å². The Hall–Kier alpha value is -0.840. The van der Waals surface area contributed by atoms with Crippen molar-refractivity contribution in [2.24, 2.45) is 5.41 Å². The maximum atomic E-state index is 12.6. The molecule has 3 rings (SSSR count). The van der Waals surface area contributed by atoms with E-state index < -0.39 is 0 Å². The SMILES string of the molecule is CC(C(=O)N1CCC2(CCNC2)CC1)c1cccnc1.Cl.Cl. The smallest absolute Gasteiger partial charge is 0.229 e. The molecule has 0 radical (unpaired) electrons. The number of aromatic nitrogens is 1. The molecule has 1 unspecified atom stereocenters. The number of hydrogen-bond acceptors (Lipinski definition) is 3. The van der Waals surface area contributed by atoms with Gasteiger partial charge in [0.25, 0.3) is 0 Å². The Kier molecular flexibility index (Phi) is 7.10. The summed E-state index contributed by atoms with van der Waals surface area (Å²) in [5, 5.41) is 3.46. The van der Waals surface area contributed by atoms with E-state index in [1.807, 2.05) is 24.0 Å². The lowest BCUT2D eigenvalue weighted by atomic mass is 9.77. The average molecular weight is 346 g/mol. The molecule has 0 aromatic carbocycles. The molecule has 1 amide bonds. The maximum Gasteiger partial charge on any atom is 0.229 e. The van der Waals surface area contributed by atoms with Crippen LogP contribution in [0.1, 0.15) is 37.7 Å². The van der Waals surface area contributed by atoms with Crippen LogP contribution >= 0.6 is 24.8 Å². The molecule has 2 aliphatic rings. The first-order valence-corrected chi connectivity index (χ1v) is 7.60. The van der Waals surface area contributed by atoms with Gasteiger partial charge in [-0.05, 0) is 49.8 Å². The molecule has 1 aromatic rings. The van der Waals surface area contributed by atoms with E-state index in [0.29, 0.717) is 5.41 Å². The van der Waals surface area contributed by atoms with Gasteiger partial charge in [0.2, 0.25) is 5.91 Å². The standard InChI is InChI=1S/C16H23N3O.2ClH/c1-13(14-3-2-7-17-11-14)15(20)19-9-5-16(6-10-19)4-8-18-12-16;;/h2-3,7,11,13,18H,4-6,8-10,12H2,1H3;2*1H. The van der Waals surface area contributed by atoms with Crippen LogP contribution in [-0.2, 0) is 4.79 Å². The fourth-order valence-electron chi connectivity index (χ4n) is 3.47. The maximum absolute atomic E-state index is 12.6. The highest BCUT2D eigenvalue weighted by molar-refractivity contribution is 5.85. The zero-order valence-electron chi connectivity index (χ0n) is 13.0. The van der Waals surface area contributed by atoms with Crippen molar-refractivity contribution >= 4 is 30.7 Å². The van der Waals surface area contributed by atoms with Crippen molar-refractivity contribution in [3.63, 3.8) is 0 Å². The van der Waals surface area contributed by atoms with Crippen molar-refractivity contribution in [2.45, 2.75) is 32.1 Å². The van der Waals surface area contributed by atoms with Crippen LogP contribution in [0.5, 0.6) is 0 Å². The number of carbonyl (C=O) groups is 1. The second-order valence-corrected chi connectivity index (χ2v) is 6.26. The first-order valence-electron chi connectivity index (χ1n) is 7.60.